The number of rotatable bonds is 1. The van der Waals surface area contributed by atoms with Crippen molar-refractivity contribution in [2.24, 2.45) is 29.6 Å². The lowest BCUT2D eigenvalue weighted by molar-refractivity contribution is -0.314. The molecule has 3 rings (SSSR count). The number of Topliss-reactive ketones (excluding diaryl/α,β-unsaturated/α-hetero) is 1. The van der Waals surface area contributed by atoms with Crippen LogP contribution in [0.15, 0.2) is 0 Å². The summed E-state index contributed by atoms with van der Waals surface area (Å²) in [6.45, 7) is 0. The fourth-order valence-electron chi connectivity index (χ4n) is 3.90. The lowest BCUT2D eigenvalue weighted by Gasteiger charge is -2.27. The van der Waals surface area contributed by atoms with E-state index in [-0.39, 0.29) is 17.6 Å². The van der Waals surface area contributed by atoms with E-state index in [9.17, 15) is 14.7 Å². The summed E-state index contributed by atoms with van der Waals surface area (Å²) in [6.07, 6.45) is 2.54. The van der Waals surface area contributed by atoms with E-state index in [2.05, 4.69) is 0 Å². The van der Waals surface area contributed by atoms with Gasteiger partial charge < -0.3 is 9.90 Å². The Hall–Kier alpha value is -0.860. The molecule has 0 aliphatic heterocycles. The van der Waals surface area contributed by atoms with E-state index in [0.717, 1.165) is 12.8 Å². The summed E-state index contributed by atoms with van der Waals surface area (Å²) in [5.41, 5.74) is 0. The zero-order valence-electron chi connectivity index (χ0n) is 7.23. The van der Waals surface area contributed by atoms with Gasteiger partial charge in [-0.2, -0.15) is 0 Å². The second kappa shape index (κ2) is 2.14. The first-order chi connectivity index (χ1) is 6.18. The number of aliphatic carboxylic acids is 1. The van der Waals surface area contributed by atoms with Gasteiger partial charge in [-0.25, -0.2) is 0 Å². The minimum absolute atomic E-state index is 0.172. The second-order valence-electron chi connectivity index (χ2n) is 4.70. The zero-order valence-corrected chi connectivity index (χ0v) is 7.23. The van der Waals surface area contributed by atoms with Crippen LogP contribution < -0.4 is 5.11 Å². The average molecular weight is 179 g/mol. The maximum absolute atomic E-state index is 11.5. The van der Waals surface area contributed by atoms with Gasteiger partial charge in [-0.1, -0.05) is 0 Å². The molecular formula is C10H11O3-. The minimum atomic E-state index is -0.994. The fourth-order valence-corrected chi connectivity index (χ4v) is 3.90. The van der Waals surface area contributed by atoms with Gasteiger partial charge in [0.2, 0.25) is 0 Å². The number of ketones is 1. The highest BCUT2D eigenvalue weighted by Crippen LogP contribution is 2.60. The lowest BCUT2D eigenvalue weighted by atomic mass is 9.80. The number of fused-ring (bicyclic) bond motifs is 1. The zero-order chi connectivity index (χ0) is 9.16. The van der Waals surface area contributed by atoms with Crippen LogP contribution in [0.25, 0.3) is 0 Å². The van der Waals surface area contributed by atoms with Gasteiger partial charge in [0.25, 0.3) is 0 Å². The van der Waals surface area contributed by atoms with Crippen LogP contribution >= 0.6 is 0 Å². The van der Waals surface area contributed by atoms with Gasteiger partial charge in [0.1, 0.15) is 5.78 Å². The molecule has 0 saturated heterocycles. The third-order valence-electron chi connectivity index (χ3n) is 4.25. The molecule has 3 aliphatic carbocycles. The highest BCUT2D eigenvalue weighted by Gasteiger charge is 2.59. The van der Waals surface area contributed by atoms with Gasteiger partial charge in [0.05, 0.1) is 0 Å². The number of carboxylic acid groups (broad SMARTS) is 1. The van der Waals surface area contributed by atoms with Gasteiger partial charge in [-0.15, -0.1) is 0 Å². The molecule has 3 aliphatic rings. The Kier molecular flexibility index (Phi) is 1.24. The van der Waals surface area contributed by atoms with Crippen molar-refractivity contribution in [1.82, 2.24) is 0 Å². The molecule has 3 nitrogen and oxygen atoms in total. The van der Waals surface area contributed by atoms with E-state index in [4.69, 9.17) is 0 Å². The Bertz CT molecular complexity index is 295. The van der Waals surface area contributed by atoms with Crippen molar-refractivity contribution in [3.05, 3.63) is 0 Å². The molecule has 3 heteroatoms. The van der Waals surface area contributed by atoms with Crippen molar-refractivity contribution >= 4 is 11.8 Å². The third-order valence-corrected chi connectivity index (χ3v) is 4.25. The van der Waals surface area contributed by atoms with E-state index in [1.54, 1.807) is 0 Å². The van der Waals surface area contributed by atoms with Crippen molar-refractivity contribution in [1.29, 1.82) is 0 Å². The summed E-state index contributed by atoms with van der Waals surface area (Å²) in [7, 11) is 0. The van der Waals surface area contributed by atoms with Crippen LogP contribution in [0.4, 0.5) is 0 Å². The van der Waals surface area contributed by atoms with Crippen LogP contribution in [0.3, 0.4) is 0 Å². The summed E-state index contributed by atoms with van der Waals surface area (Å²) in [5, 5.41) is 10.9. The second-order valence-corrected chi connectivity index (χ2v) is 4.70. The fraction of sp³-hybridized carbons (Fsp3) is 0.800. The lowest BCUT2D eigenvalue weighted by Crippen LogP contribution is -2.40. The first kappa shape index (κ1) is 7.54. The standard InChI is InChI=1S/C10H12O3/c11-7-3-4-1-5-2-6(4)9(7)8(5)10(12)13/h4-6,8-9H,1-3H2,(H,12,13)/p-1. The van der Waals surface area contributed by atoms with Gasteiger partial charge >= 0.3 is 0 Å². The van der Waals surface area contributed by atoms with Crippen LogP contribution in [-0.2, 0) is 9.59 Å². The molecule has 5 atom stereocenters. The van der Waals surface area contributed by atoms with Crippen LogP contribution in [0, 0.1) is 29.6 Å². The topological polar surface area (TPSA) is 57.2 Å². The Morgan fingerprint density at radius 1 is 1.31 bits per heavy atom. The number of hydrogen-bond acceptors (Lipinski definition) is 3. The van der Waals surface area contributed by atoms with Crippen LogP contribution in [0.1, 0.15) is 19.3 Å². The van der Waals surface area contributed by atoms with Crippen molar-refractivity contribution < 1.29 is 14.7 Å². The molecule has 0 aromatic heterocycles. The molecule has 2 bridgehead atoms. The summed E-state index contributed by atoms with van der Waals surface area (Å²) >= 11 is 0. The smallest absolute Gasteiger partial charge is 0.137 e. The van der Waals surface area contributed by atoms with Crippen LogP contribution in [0.5, 0.6) is 0 Å². The largest absolute Gasteiger partial charge is 0.550 e. The molecule has 0 N–H and O–H groups in total. The number of carbonyl (C=O) groups is 2. The highest BCUT2D eigenvalue weighted by molar-refractivity contribution is 5.89. The van der Waals surface area contributed by atoms with Gasteiger partial charge in [-0.3, -0.25) is 4.79 Å². The highest BCUT2D eigenvalue weighted by atomic mass is 16.4. The van der Waals surface area contributed by atoms with Crippen molar-refractivity contribution in [2.75, 3.05) is 0 Å². The van der Waals surface area contributed by atoms with Gasteiger partial charge in [-0.05, 0) is 30.6 Å². The summed E-state index contributed by atoms with van der Waals surface area (Å²) in [5.74, 6) is -0.282. The van der Waals surface area contributed by atoms with Crippen molar-refractivity contribution in [3.63, 3.8) is 0 Å². The maximum atomic E-state index is 11.5. The molecule has 13 heavy (non-hydrogen) atoms. The molecule has 3 saturated carbocycles. The van der Waals surface area contributed by atoms with E-state index in [1.807, 2.05) is 0 Å². The average Bonchev–Trinajstić information content (AvgIpc) is 2.60. The predicted octanol–water partition coefficient (Wildman–Crippen LogP) is -0.403. The Morgan fingerprint density at radius 2 is 2.08 bits per heavy atom. The molecule has 0 heterocycles. The van der Waals surface area contributed by atoms with Gasteiger partial charge in [0, 0.05) is 24.2 Å². The van der Waals surface area contributed by atoms with Gasteiger partial charge in [0.15, 0.2) is 0 Å². The summed E-state index contributed by atoms with van der Waals surface area (Å²) in [4.78, 5) is 22.4. The van der Waals surface area contributed by atoms with E-state index >= 15 is 0 Å². The number of hydrogen-bond donors (Lipinski definition) is 0. The SMILES string of the molecule is O=C([O-])C1C2CC3CC(=O)C1C3C2. The van der Waals surface area contributed by atoms with Crippen molar-refractivity contribution in [3.8, 4) is 0 Å². The Labute approximate surface area is 76.1 Å². The first-order valence-corrected chi connectivity index (χ1v) is 4.92. The molecule has 3 fully saturated rings. The molecular weight excluding hydrogens is 168 g/mol. The van der Waals surface area contributed by atoms with E-state index in [0.29, 0.717) is 18.3 Å². The molecule has 70 valence electrons. The summed E-state index contributed by atoms with van der Waals surface area (Å²) < 4.78 is 0. The molecule has 0 aromatic carbocycles. The van der Waals surface area contributed by atoms with Crippen LogP contribution in [-0.4, -0.2) is 11.8 Å². The minimum Gasteiger partial charge on any atom is -0.550 e. The predicted molar refractivity (Wildman–Crippen MR) is 41.3 cm³/mol. The molecule has 0 amide bonds. The van der Waals surface area contributed by atoms with Crippen molar-refractivity contribution in [2.45, 2.75) is 19.3 Å². The normalized spacial score (nSPS) is 51.7. The Morgan fingerprint density at radius 3 is 2.77 bits per heavy atom. The van der Waals surface area contributed by atoms with E-state index < -0.39 is 11.9 Å². The summed E-state index contributed by atoms with van der Waals surface area (Å²) in [6, 6.07) is 0. The molecule has 0 radical (unpaired) electrons. The number of carbonyl (C=O) groups excluding carboxylic acids is 2. The monoisotopic (exact) mass is 179 g/mol. The third kappa shape index (κ3) is 0.754. The first-order valence-electron chi connectivity index (χ1n) is 4.92. The van der Waals surface area contributed by atoms with E-state index in [1.165, 1.54) is 0 Å². The maximum Gasteiger partial charge on any atom is 0.137 e. The molecule has 0 aromatic rings. The molecule has 0 spiro atoms. The van der Waals surface area contributed by atoms with Crippen LogP contribution in [0.2, 0.25) is 0 Å². The number of carboxylic acids is 1. The quantitative estimate of drug-likeness (QED) is 0.550. The Balaban J connectivity index is 2.01. The molecule has 5 unspecified atom stereocenters.